The van der Waals surface area contributed by atoms with Crippen molar-refractivity contribution in [2.75, 3.05) is 6.61 Å². The SMILES string of the molecule is C[C@@H]1OC(OP(=O)(O)OP(=O)(O)OC[C@H]2O[C@@H](n3ccc(=O)[nH]c3=O)[C@H](O)[C@@H]2O)[C@H](O)[C@H](O)[C@H]1O. The molecule has 35 heavy (non-hydrogen) atoms. The molecule has 0 aromatic carbocycles. The maximum absolute atomic E-state index is 12.1. The molecule has 0 amide bonds. The Labute approximate surface area is 195 Å². The smallest absolute Gasteiger partial charge is 0.388 e. The molecule has 3 rings (SSSR count). The van der Waals surface area contributed by atoms with Crippen molar-refractivity contribution in [3.05, 3.63) is 33.1 Å². The van der Waals surface area contributed by atoms with E-state index in [0.717, 1.165) is 16.8 Å². The molecule has 2 aliphatic heterocycles. The second kappa shape index (κ2) is 10.6. The molecule has 0 radical (unpaired) electrons. The first kappa shape index (κ1) is 28.2. The summed E-state index contributed by atoms with van der Waals surface area (Å²) >= 11 is 0. The van der Waals surface area contributed by atoms with Crippen LogP contribution >= 0.6 is 15.6 Å². The third kappa shape index (κ3) is 6.51. The minimum Gasteiger partial charge on any atom is -0.388 e. The molecule has 3 unspecified atom stereocenters. The van der Waals surface area contributed by atoms with Gasteiger partial charge in [-0.05, 0) is 6.92 Å². The van der Waals surface area contributed by atoms with Crippen molar-refractivity contribution in [3.8, 4) is 0 Å². The van der Waals surface area contributed by atoms with E-state index in [9.17, 15) is 54.0 Å². The number of phosphoric ester groups is 2. The summed E-state index contributed by atoms with van der Waals surface area (Å²) in [4.78, 5) is 44.5. The molecular weight excluding hydrogens is 526 g/mol. The third-order valence-corrected chi connectivity index (χ3v) is 7.72. The van der Waals surface area contributed by atoms with E-state index in [2.05, 4.69) is 13.4 Å². The Hall–Kier alpha value is -1.34. The molecule has 3 heterocycles. The van der Waals surface area contributed by atoms with Crippen LogP contribution in [-0.2, 0) is 32.0 Å². The molecule has 2 saturated heterocycles. The molecule has 200 valence electrons. The van der Waals surface area contributed by atoms with Gasteiger partial charge in [0.05, 0.1) is 12.7 Å². The van der Waals surface area contributed by atoms with Crippen molar-refractivity contribution in [3.63, 3.8) is 0 Å². The molecular formula is C15H24N2O16P2. The summed E-state index contributed by atoms with van der Waals surface area (Å²) in [6, 6.07) is 0.940. The van der Waals surface area contributed by atoms with Gasteiger partial charge < -0.3 is 44.8 Å². The van der Waals surface area contributed by atoms with Crippen LogP contribution in [-0.4, -0.2) is 100 Å². The van der Waals surface area contributed by atoms with Crippen molar-refractivity contribution in [2.24, 2.45) is 0 Å². The van der Waals surface area contributed by atoms with Crippen molar-refractivity contribution >= 4 is 15.6 Å². The van der Waals surface area contributed by atoms with E-state index in [0.29, 0.717) is 0 Å². The molecule has 1 aromatic rings. The third-order valence-electron chi connectivity index (χ3n) is 5.12. The van der Waals surface area contributed by atoms with Crippen LogP contribution in [0.2, 0.25) is 0 Å². The van der Waals surface area contributed by atoms with Crippen LogP contribution in [0.4, 0.5) is 0 Å². The Bertz CT molecular complexity index is 1110. The summed E-state index contributed by atoms with van der Waals surface area (Å²) in [7, 11) is -10.9. The first-order valence-electron chi connectivity index (χ1n) is 9.84. The minimum absolute atomic E-state index is 0.737. The van der Waals surface area contributed by atoms with Crippen LogP contribution in [0.5, 0.6) is 0 Å². The Morgan fingerprint density at radius 1 is 0.971 bits per heavy atom. The topological polar surface area (TPSA) is 277 Å². The Balaban J connectivity index is 1.61. The van der Waals surface area contributed by atoms with Crippen molar-refractivity contribution < 1.29 is 67.3 Å². The lowest BCUT2D eigenvalue weighted by Crippen LogP contribution is -2.57. The summed E-state index contributed by atoms with van der Waals surface area (Å²) in [5.41, 5.74) is -1.72. The van der Waals surface area contributed by atoms with Gasteiger partial charge in [-0.2, -0.15) is 4.31 Å². The highest BCUT2D eigenvalue weighted by Crippen LogP contribution is 2.61. The second-order valence-corrected chi connectivity index (χ2v) is 10.7. The van der Waals surface area contributed by atoms with E-state index in [-0.39, 0.29) is 0 Å². The predicted octanol–water partition coefficient (Wildman–Crippen LogP) is -3.77. The van der Waals surface area contributed by atoms with Gasteiger partial charge in [0, 0.05) is 12.3 Å². The van der Waals surface area contributed by atoms with Crippen LogP contribution in [0, 0.1) is 0 Å². The highest BCUT2D eigenvalue weighted by molar-refractivity contribution is 7.61. The Kier molecular flexibility index (Phi) is 8.52. The van der Waals surface area contributed by atoms with Crippen LogP contribution < -0.4 is 11.2 Å². The maximum atomic E-state index is 12.1. The maximum Gasteiger partial charge on any atom is 0.483 e. The van der Waals surface area contributed by atoms with Gasteiger partial charge in [-0.3, -0.25) is 23.4 Å². The number of ether oxygens (including phenoxy) is 2. The van der Waals surface area contributed by atoms with Crippen LogP contribution in [0.15, 0.2) is 21.9 Å². The molecule has 8 N–H and O–H groups in total. The second-order valence-electron chi connectivity index (χ2n) is 7.66. The molecule has 0 aliphatic carbocycles. The first-order valence-corrected chi connectivity index (χ1v) is 12.8. The monoisotopic (exact) mass is 550 g/mol. The molecule has 2 fully saturated rings. The number of hydrogen-bond donors (Lipinski definition) is 8. The Morgan fingerprint density at radius 3 is 2.26 bits per heavy atom. The number of aliphatic hydroxyl groups is 5. The number of nitrogens with zero attached hydrogens (tertiary/aromatic N) is 1. The van der Waals surface area contributed by atoms with Gasteiger partial charge in [-0.15, -0.1) is 0 Å². The van der Waals surface area contributed by atoms with E-state index >= 15 is 0 Å². The fourth-order valence-corrected chi connectivity index (χ4v) is 5.45. The number of H-pyrrole nitrogens is 1. The number of nitrogens with one attached hydrogen (secondary N) is 1. The first-order chi connectivity index (χ1) is 16.1. The van der Waals surface area contributed by atoms with E-state index in [1.807, 2.05) is 4.98 Å². The largest absolute Gasteiger partial charge is 0.483 e. The van der Waals surface area contributed by atoms with Crippen LogP contribution in [0.3, 0.4) is 0 Å². The summed E-state index contributed by atoms with van der Waals surface area (Å²) < 4.78 is 48.3. The average Bonchev–Trinajstić information content (AvgIpc) is 3.02. The normalized spacial score (nSPS) is 39.1. The van der Waals surface area contributed by atoms with E-state index < -0.39 is 88.7 Å². The van der Waals surface area contributed by atoms with Gasteiger partial charge in [0.2, 0.25) is 0 Å². The van der Waals surface area contributed by atoms with Gasteiger partial charge in [-0.25, -0.2) is 13.9 Å². The number of rotatable bonds is 8. The average molecular weight is 550 g/mol. The molecule has 1 aromatic heterocycles. The lowest BCUT2D eigenvalue weighted by atomic mass is 10.0. The van der Waals surface area contributed by atoms with Crippen molar-refractivity contribution in [1.82, 2.24) is 9.55 Å². The highest BCUT2D eigenvalue weighted by Gasteiger charge is 2.49. The zero-order chi connectivity index (χ0) is 26.3. The summed E-state index contributed by atoms with van der Waals surface area (Å²) in [5, 5.41) is 49.4. The van der Waals surface area contributed by atoms with E-state index in [1.165, 1.54) is 6.92 Å². The number of aromatic amines is 1. The summed E-state index contributed by atoms with van der Waals surface area (Å²) in [5.74, 6) is 0. The fourth-order valence-electron chi connectivity index (χ4n) is 3.30. The molecule has 2 aliphatic rings. The van der Waals surface area contributed by atoms with Gasteiger partial charge in [0.15, 0.2) is 12.5 Å². The molecule has 0 saturated carbocycles. The molecule has 0 bridgehead atoms. The number of aromatic nitrogens is 2. The highest BCUT2D eigenvalue weighted by atomic mass is 31.3. The van der Waals surface area contributed by atoms with Gasteiger partial charge in [-0.1, -0.05) is 0 Å². The quantitative estimate of drug-likeness (QED) is 0.144. The van der Waals surface area contributed by atoms with Crippen LogP contribution in [0.1, 0.15) is 13.2 Å². The molecule has 18 nitrogen and oxygen atoms in total. The predicted molar refractivity (Wildman–Crippen MR) is 107 cm³/mol. The lowest BCUT2D eigenvalue weighted by Gasteiger charge is -2.38. The molecule has 20 heteroatoms. The van der Waals surface area contributed by atoms with Crippen molar-refractivity contribution in [1.29, 1.82) is 0 Å². The van der Waals surface area contributed by atoms with Gasteiger partial charge in [0.1, 0.15) is 36.6 Å². The number of aliphatic hydroxyl groups excluding tert-OH is 5. The zero-order valence-corrected chi connectivity index (χ0v) is 19.5. The number of hydrogen-bond acceptors (Lipinski definition) is 14. The fraction of sp³-hybridized carbons (Fsp3) is 0.733. The van der Waals surface area contributed by atoms with Gasteiger partial charge >= 0.3 is 21.3 Å². The zero-order valence-electron chi connectivity index (χ0n) is 17.7. The molecule has 11 atom stereocenters. The van der Waals surface area contributed by atoms with Crippen molar-refractivity contribution in [2.45, 2.75) is 62.2 Å². The standard InChI is InChI=1S/C15H24N2O16P2/c1-5-8(19)10(21)12(23)14(30-5)32-35(27,28)33-34(25,26)29-4-6-9(20)11(22)13(31-6)17-3-2-7(18)16-15(17)24/h2-3,5-6,8-14,19-23H,4H2,1H3,(H,25,26)(H,27,28)(H,16,18,24)/t5-,6+,8-,9+,10+,11+,12+,13+,14?/m0/s1. The van der Waals surface area contributed by atoms with Crippen LogP contribution in [0.25, 0.3) is 0 Å². The summed E-state index contributed by atoms with van der Waals surface area (Å²) in [6.07, 6.45) is -14.2. The molecule has 0 spiro atoms. The van der Waals surface area contributed by atoms with E-state index in [1.54, 1.807) is 0 Å². The van der Waals surface area contributed by atoms with E-state index in [4.69, 9.17) is 9.47 Å². The van der Waals surface area contributed by atoms with Gasteiger partial charge in [0.25, 0.3) is 5.56 Å². The minimum atomic E-state index is -5.50. The lowest BCUT2D eigenvalue weighted by molar-refractivity contribution is -0.271. The number of phosphoric acid groups is 2. The summed E-state index contributed by atoms with van der Waals surface area (Å²) in [6.45, 7) is 0.250. The Morgan fingerprint density at radius 2 is 1.63 bits per heavy atom.